The molecule has 2 nitrogen and oxygen atoms in total. The maximum absolute atomic E-state index is 4.63. The fourth-order valence-electron chi connectivity index (χ4n) is 2.01. The molecule has 0 unspecified atom stereocenters. The Morgan fingerprint density at radius 3 is 2.55 bits per heavy atom. The number of nitrogens with zero attached hydrogens (tertiary/aromatic N) is 1. The van der Waals surface area contributed by atoms with Crippen molar-refractivity contribution < 1.29 is 0 Å². The molecule has 20 heavy (non-hydrogen) atoms. The first-order valence-corrected chi connectivity index (χ1v) is 8.16. The van der Waals surface area contributed by atoms with Gasteiger partial charge >= 0.3 is 0 Å². The van der Waals surface area contributed by atoms with Gasteiger partial charge in [-0.15, -0.1) is 0 Å². The normalized spacial score (nSPS) is 11.2. The molecule has 3 aromatic rings. The quantitative estimate of drug-likeness (QED) is 0.635. The van der Waals surface area contributed by atoms with Crippen molar-refractivity contribution in [3.8, 4) is 0 Å². The van der Waals surface area contributed by atoms with Crippen LogP contribution in [0.3, 0.4) is 0 Å². The Hall–Kier alpha value is -1.39. The first-order valence-electron chi connectivity index (χ1n) is 6.55. The highest BCUT2D eigenvalue weighted by Gasteiger charge is 2.06. The van der Waals surface area contributed by atoms with E-state index in [1.807, 2.05) is 24.3 Å². The molecule has 4 heteroatoms. The summed E-state index contributed by atoms with van der Waals surface area (Å²) in [6.07, 6.45) is 0. The number of hydrogen-bond acceptors (Lipinski definition) is 3. The number of halogens is 1. The van der Waals surface area contributed by atoms with E-state index in [9.17, 15) is 0 Å². The molecule has 1 heterocycles. The molecular formula is C16H15BrN2S. The molecule has 0 atom stereocenters. The second-order valence-corrected chi connectivity index (χ2v) is 6.98. The van der Waals surface area contributed by atoms with Crippen LogP contribution in [0.15, 0.2) is 46.9 Å². The van der Waals surface area contributed by atoms with Crippen LogP contribution in [0.25, 0.3) is 10.2 Å². The number of hydrogen-bond donors (Lipinski definition) is 1. The summed E-state index contributed by atoms with van der Waals surface area (Å²) < 4.78 is 2.31. The van der Waals surface area contributed by atoms with Crippen LogP contribution in [0.5, 0.6) is 0 Å². The van der Waals surface area contributed by atoms with Gasteiger partial charge in [0.15, 0.2) is 5.13 Å². The summed E-state index contributed by atoms with van der Waals surface area (Å²) in [5.74, 6) is 0.546. The zero-order valence-electron chi connectivity index (χ0n) is 11.4. The van der Waals surface area contributed by atoms with E-state index in [2.05, 4.69) is 58.3 Å². The number of rotatable bonds is 3. The van der Waals surface area contributed by atoms with Crippen LogP contribution in [-0.2, 0) is 0 Å². The lowest BCUT2D eigenvalue weighted by atomic mass is 10.0. The van der Waals surface area contributed by atoms with E-state index < -0.39 is 0 Å². The van der Waals surface area contributed by atoms with E-state index in [-0.39, 0.29) is 0 Å². The molecule has 0 aliphatic heterocycles. The molecule has 0 spiro atoms. The van der Waals surface area contributed by atoms with Gasteiger partial charge in [0, 0.05) is 10.2 Å². The average Bonchev–Trinajstić information content (AvgIpc) is 2.82. The van der Waals surface area contributed by atoms with Crippen molar-refractivity contribution in [2.24, 2.45) is 0 Å². The summed E-state index contributed by atoms with van der Waals surface area (Å²) in [4.78, 5) is 4.63. The fourth-order valence-corrected chi connectivity index (χ4v) is 3.21. The van der Waals surface area contributed by atoms with Gasteiger partial charge in [-0.25, -0.2) is 4.98 Å². The van der Waals surface area contributed by atoms with Gasteiger partial charge in [0.1, 0.15) is 0 Å². The Morgan fingerprint density at radius 1 is 1.10 bits per heavy atom. The topological polar surface area (TPSA) is 24.9 Å². The summed E-state index contributed by atoms with van der Waals surface area (Å²) in [6, 6.07) is 14.6. The number of thiazole rings is 1. The second kappa shape index (κ2) is 5.54. The summed E-state index contributed by atoms with van der Waals surface area (Å²) in [5.41, 5.74) is 3.46. The molecule has 0 bridgehead atoms. The molecule has 0 saturated heterocycles. The van der Waals surface area contributed by atoms with Crippen LogP contribution in [0.2, 0.25) is 0 Å². The highest BCUT2D eigenvalue weighted by Crippen LogP contribution is 2.30. The number of nitrogens with one attached hydrogen (secondary N) is 1. The van der Waals surface area contributed by atoms with Crippen LogP contribution in [0.1, 0.15) is 25.3 Å². The predicted octanol–water partition coefficient (Wildman–Crippen LogP) is 5.93. The SMILES string of the molecule is CC(C)c1ccc2nc(Nc3ccc(Br)cc3)sc2c1. The molecule has 1 aromatic heterocycles. The average molecular weight is 347 g/mol. The van der Waals surface area contributed by atoms with Crippen LogP contribution >= 0.6 is 27.3 Å². The van der Waals surface area contributed by atoms with E-state index >= 15 is 0 Å². The Morgan fingerprint density at radius 2 is 1.85 bits per heavy atom. The van der Waals surface area contributed by atoms with E-state index in [0.717, 1.165) is 20.8 Å². The number of aromatic nitrogens is 1. The number of benzene rings is 2. The van der Waals surface area contributed by atoms with Gasteiger partial charge in [-0.05, 0) is 47.9 Å². The number of fused-ring (bicyclic) bond motifs is 1. The highest BCUT2D eigenvalue weighted by molar-refractivity contribution is 9.10. The van der Waals surface area contributed by atoms with Crippen LogP contribution in [-0.4, -0.2) is 4.98 Å². The molecule has 1 N–H and O–H groups in total. The van der Waals surface area contributed by atoms with Gasteiger partial charge in [-0.3, -0.25) is 0 Å². The maximum Gasteiger partial charge on any atom is 0.188 e. The van der Waals surface area contributed by atoms with Crippen molar-refractivity contribution in [3.63, 3.8) is 0 Å². The summed E-state index contributed by atoms with van der Waals surface area (Å²) in [5, 5.41) is 4.29. The minimum atomic E-state index is 0.546. The third-order valence-electron chi connectivity index (χ3n) is 3.17. The standard InChI is InChI=1S/C16H15BrN2S/c1-10(2)11-3-8-14-15(9-11)20-16(19-14)18-13-6-4-12(17)5-7-13/h3-10H,1-2H3,(H,18,19). The molecule has 0 aliphatic carbocycles. The molecule has 0 aliphatic rings. The number of anilines is 2. The Bertz CT molecular complexity index is 732. The molecule has 3 rings (SSSR count). The molecule has 0 amide bonds. The van der Waals surface area contributed by atoms with Crippen LogP contribution in [0.4, 0.5) is 10.8 Å². The molecule has 2 aromatic carbocycles. The van der Waals surface area contributed by atoms with Crippen molar-refractivity contribution in [2.75, 3.05) is 5.32 Å². The summed E-state index contributed by atoms with van der Waals surface area (Å²) in [7, 11) is 0. The third-order valence-corrected chi connectivity index (χ3v) is 4.64. The highest BCUT2D eigenvalue weighted by atomic mass is 79.9. The minimum absolute atomic E-state index is 0.546. The fraction of sp³-hybridized carbons (Fsp3) is 0.188. The van der Waals surface area contributed by atoms with Gasteiger partial charge < -0.3 is 5.32 Å². The molecule has 0 saturated carbocycles. The Labute approximate surface area is 131 Å². The molecular weight excluding hydrogens is 332 g/mol. The first kappa shape index (κ1) is 13.6. The maximum atomic E-state index is 4.63. The van der Waals surface area contributed by atoms with E-state index in [4.69, 9.17) is 0 Å². The van der Waals surface area contributed by atoms with Crippen molar-refractivity contribution in [1.82, 2.24) is 4.98 Å². The summed E-state index contributed by atoms with van der Waals surface area (Å²) >= 11 is 5.13. The van der Waals surface area contributed by atoms with Crippen LogP contribution < -0.4 is 5.32 Å². The Kier molecular flexibility index (Phi) is 3.76. The molecule has 0 radical (unpaired) electrons. The van der Waals surface area contributed by atoms with Gasteiger partial charge in [-0.2, -0.15) is 0 Å². The third kappa shape index (κ3) is 2.86. The lowest BCUT2D eigenvalue weighted by Gasteiger charge is -2.03. The molecule has 102 valence electrons. The van der Waals surface area contributed by atoms with Gasteiger partial charge in [0.25, 0.3) is 0 Å². The zero-order valence-corrected chi connectivity index (χ0v) is 13.8. The van der Waals surface area contributed by atoms with Crippen molar-refractivity contribution >= 4 is 48.3 Å². The Balaban J connectivity index is 1.90. The van der Waals surface area contributed by atoms with E-state index in [1.165, 1.54) is 10.3 Å². The monoisotopic (exact) mass is 346 g/mol. The van der Waals surface area contributed by atoms with Gasteiger partial charge in [0.05, 0.1) is 10.2 Å². The van der Waals surface area contributed by atoms with Crippen molar-refractivity contribution in [1.29, 1.82) is 0 Å². The smallest absolute Gasteiger partial charge is 0.188 e. The first-order chi connectivity index (χ1) is 9.61. The van der Waals surface area contributed by atoms with Crippen molar-refractivity contribution in [3.05, 3.63) is 52.5 Å². The van der Waals surface area contributed by atoms with Gasteiger partial charge in [-0.1, -0.05) is 47.2 Å². The minimum Gasteiger partial charge on any atom is -0.332 e. The van der Waals surface area contributed by atoms with E-state index in [1.54, 1.807) is 11.3 Å². The van der Waals surface area contributed by atoms with Crippen LogP contribution in [0, 0.1) is 0 Å². The zero-order chi connectivity index (χ0) is 14.1. The predicted molar refractivity (Wildman–Crippen MR) is 91.1 cm³/mol. The lowest BCUT2D eigenvalue weighted by Crippen LogP contribution is -1.88. The lowest BCUT2D eigenvalue weighted by molar-refractivity contribution is 0.869. The second-order valence-electron chi connectivity index (χ2n) is 5.03. The largest absolute Gasteiger partial charge is 0.332 e. The summed E-state index contributed by atoms with van der Waals surface area (Å²) in [6.45, 7) is 4.42. The molecule has 0 fully saturated rings. The van der Waals surface area contributed by atoms with E-state index in [0.29, 0.717) is 5.92 Å². The van der Waals surface area contributed by atoms with Crippen molar-refractivity contribution in [2.45, 2.75) is 19.8 Å². The van der Waals surface area contributed by atoms with Gasteiger partial charge in [0.2, 0.25) is 0 Å².